The van der Waals surface area contributed by atoms with Gasteiger partial charge in [-0.1, -0.05) is 282 Å². The number of hydrogen-bond acceptors (Lipinski definition) is 2. The summed E-state index contributed by atoms with van der Waals surface area (Å²) >= 11 is 0. The molecule has 0 fully saturated rings. The highest BCUT2D eigenvalue weighted by molar-refractivity contribution is 5.96. The lowest BCUT2D eigenvalue weighted by atomic mass is 9.81. The van der Waals surface area contributed by atoms with Gasteiger partial charge in [-0.25, -0.2) is 0 Å². The number of anilines is 6. The monoisotopic (exact) mass is 1230 g/mol. The molecule has 0 radical (unpaired) electrons. The van der Waals surface area contributed by atoms with E-state index in [0.717, 1.165) is 33.9 Å². The van der Waals surface area contributed by atoms with Crippen LogP contribution in [0, 0.1) is 27.7 Å². The zero-order valence-corrected chi connectivity index (χ0v) is 55.9. The van der Waals surface area contributed by atoms with Gasteiger partial charge in [0.05, 0.1) is 11.4 Å². The number of fused-ring (bicyclic) bond motifs is 6. The average molecular weight is 1230 g/mol. The summed E-state index contributed by atoms with van der Waals surface area (Å²) in [5.74, 6) is 0. The van der Waals surface area contributed by atoms with Crippen molar-refractivity contribution in [2.75, 3.05) is 9.80 Å². The molecule has 0 aliphatic heterocycles. The van der Waals surface area contributed by atoms with E-state index in [9.17, 15) is 0 Å². The van der Waals surface area contributed by atoms with Crippen molar-refractivity contribution in [3.63, 3.8) is 0 Å². The molecule has 2 heteroatoms. The van der Waals surface area contributed by atoms with Crippen molar-refractivity contribution in [3.05, 3.63) is 360 Å². The smallest absolute Gasteiger partial charge is 0.0569 e. The lowest BCUT2D eigenvalue weighted by molar-refractivity contribution is 0.660. The topological polar surface area (TPSA) is 6.48 Å². The summed E-state index contributed by atoms with van der Waals surface area (Å²) in [6.07, 6.45) is 0. The summed E-state index contributed by atoms with van der Waals surface area (Å²) in [5.41, 5.74) is 38.7. The van der Waals surface area contributed by atoms with E-state index in [2.05, 4.69) is 381 Å². The van der Waals surface area contributed by atoms with Crippen LogP contribution in [-0.4, -0.2) is 0 Å². The van der Waals surface area contributed by atoms with E-state index in [-0.39, 0.29) is 10.8 Å². The fourth-order valence-electron chi connectivity index (χ4n) is 15.6. The molecule has 0 amide bonds. The van der Waals surface area contributed by atoms with Gasteiger partial charge >= 0.3 is 0 Å². The minimum Gasteiger partial charge on any atom is -0.309 e. The Balaban J connectivity index is 0.791. The molecular formula is C94H76N2. The van der Waals surface area contributed by atoms with Crippen LogP contribution in [0.15, 0.2) is 315 Å². The molecule has 96 heavy (non-hydrogen) atoms. The van der Waals surface area contributed by atoms with Crippen LogP contribution in [-0.2, 0) is 10.8 Å². The van der Waals surface area contributed by atoms with Crippen LogP contribution in [0.5, 0.6) is 0 Å². The zero-order valence-electron chi connectivity index (χ0n) is 55.9. The fourth-order valence-corrected chi connectivity index (χ4v) is 15.6. The molecule has 0 N–H and O–H groups in total. The van der Waals surface area contributed by atoms with Crippen LogP contribution in [0.2, 0.25) is 0 Å². The van der Waals surface area contributed by atoms with Gasteiger partial charge in [-0.3, -0.25) is 0 Å². The average Bonchev–Trinajstić information content (AvgIpc) is 1.52. The summed E-state index contributed by atoms with van der Waals surface area (Å²) in [5, 5.41) is 0. The third-order valence-electron chi connectivity index (χ3n) is 20.8. The summed E-state index contributed by atoms with van der Waals surface area (Å²) in [4.78, 5) is 5.02. The van der Waals surface area contributed by atoms with Crippen molar-refractivity contribution in [2.24, 2.45) is 0 Å². The normalized spacial score (nSPS) is 13.0. The molecule has 0 bridgehead atoms. The molecule has 14 aromatic rings. The Morgan fingerprint density at radius 3 is 0.833 bits per heavy atom. The molecular weight excluding hydrogens is 1160 g/mol. The molecule has 16 rings (SSSR count). The van der Waals surface area contributed by atoms with E-state index in [0.29, 0.717) is 0 Å². The summed E-state index contributed by atoms with van der Waals surface area (Å²) in [6, 6.07) is 117. The Labute approximate surface area is 566 Å². The molecule has 0 aromatic heterocycles. The van der Waals surface area contributed by atoms with Crippen LogP contribution in [0.25, 0.3) is 100 Å². The second-order valence-electron chi connectivity index (χ2n) is 27.5. The Kier molecular flexibility index (Phi) is 14.9. The Bertz CT molecular complexity index is 4950. The van der Waals surface area contributed by atoms with Crippen molar-refractivity contribution in [3.8, 4) is 100 Å². The quantitative estimate of drug-likeness (QED) is 0.114. The third-order valence-corrected chi connectivity index (χ3v) is 20.8. The second kappa shape index (κ2) is 23.9. The van der Waals surface area contributed by atoms with Gasteiger partial charge in [-0.2, -0.15) is 0 Å². The first-order chi connectivity index (χ1) is 46.8. The van der Waals surface area contributed by atoms with Crippen LogP contribution < -0.4 is 9.80 Å². The maximum absolute atomic E-state index is 2.51. The first kappa shape index (κ1) is 59.7. The standard InChI is InChI=1S/C94H76N2/c1-61-21-19-29-79(75-45-53-83-81-27-15-17-31-85(81)93(5,6)87(83)59-75)91(61)95(77-49-41-71(42-50-77)69-37-33-67(34-38-69)65-23-11-9-12-24-65)89-55-47-73(57-63(89)3)74-48-56-90(64(4)58-74)96(78-51-43-72(44-52-78)70-39-35-68(36-40-70)66-25-13-10-14-26-66)92-62(2)22-20-30-80(92)76-46-54-84-82-28-16-18-32-86(82)94(7,8)88(84)60-76/h9-60H,1-8H3. The van der Waals surface area contributed by atoms with Crippen molar-refractivity contribution < 1.29 is 0 Å². The van der Waals surface area contributed by atoms with Crippen LogP contribution in [0.3, 0.4) is 0 Å². The molecule has 0 spiro atoms. The van der Waals surface area contributed by atoms with Crippen LogP contribution in [0.4, 0.5) is 34.1 Å². The van der Waals surface area contributed by atoms with Crippen molar-refractivity contribution in [1.29, 1.82) is 0 Å². The largest absolute Gasteiger partial charge is 0.309 e. The number of para-hydroxylation sites is 2. The molecule has 0 saturated carbocycles. The predicted octanol–water partition coefficient (Wildman–Crippen LogP) is 26.1. The highest BCUT2D eigenvalue weighted by atomic mass is 15.2. The Hall–Kier alpha value is -11.3. The van der Waals surface area contributed by atoms with Gasteiger partial charge in [0.15, 0.2) is 0 Å². The zero-order chi connectivity index (χ0) is 65.4. The highest BCUT2D eigenvalue weighted by Crippen LogP contribution is 2.54. The number of hydrogen-bond donors (Lipinski definition) is 0. The van der Waals surface area contributed by atoms with E-state index in [1.807, 2.05) is 0 Å². The van der Waals surface area contributed by atoms with Gasteiger partial charge in [0.1, 0.15) is 0 Å². The van der Waals surface area contributed by atoms with Gasteiger partial charge in [0.2, 0.25) is 0 Å². The lowest BCUT2D eigenvalue weighted by Crippen LogP contribution is -2.16. The van der Waals surface area contributed by atoms with Gasteiger partial charge < -0.3 is 9.80 Å². The molecule has 0 unspecified atom stereocenters. The number of benzene rings is 14. The molecule has 2 nitrogen and oxygen atoms in total. The highest BCUT2D eigenvalue weighted by Gasteiger charge is 2.37. The molecule has 14 aromatic carbocycles. The molecule has 462 valence electrons. The van der Waals surface area contributed by atoms with Crippen molar-refractivity contribution >= 4 is 34.1 Å². The maximum Gasteiger partial charge on any atom is 0.0569 e. The van der Waals surface area contributed by atoms with Gasteiger partial charge in [-0.05, 0) is 222 Å². The van der Waals surface area contributed by atoms with Crippen molar-refractivity contribution in [2.45, 2.75) is 66.2 Å². The summed E-state index contributed by atoms with van der Waals surface area (Å²) in [7, 11) is 0. The minimum atomic E-state index is -0.137. The Morgan fingerprint density at radius 2 is 0.479 bits per heavy atom. The van der Waals surface area contributed by atoms with Crippen LogP contribution >= 0.6 is 0 Å². The minimum absolute atomic E-state index is 0.137. The Morgan fingerprint density at radius 1 is 0.198 bits per heavy atom. The summed E-state index contributed by atoms with van der Waals surface area (Å²) in [6.45, 7) is 18.6. The number of aryl methyl sites for hydroxylation is 4. The van der Waals surface area contributed by atoms with Gasteiger partial charge in [-0.15, -0.1) is 0 Å². The van der Waals surface area contributed by atoms with Gasteiger partial charge in [0.25, 0.3) is 0 Å². The van der Waals surface area contributed by atoms with Gasteiger partial charge in [0, 0.05) is 44.7 Å². The second-order valence-corrected chi connectivity index (χ2v) is 27.5. The first-order valence-corrected chi connectivity index (χ1v) is 33.8. The predicted molar refractivity (Wildman–Crippen MR) is 408 cm³/mol. The third kappa shape index (κ3) is 10.4. The van der Waals surface area contributed by atoms with E-state index in [1.165, 1.54) is 145 Å². The number of rotatable bonds is 13. The van der Waals surface area contributed by atoms with E-state index in [1.54, 1.807) is 0 Å². The molecule has 2 aliphatic carbocycles. The lowest BCUT2D eigenvalue weighted by Gasteiger charge is -2.32. The SMILES string of the molecule is Cc1cc(-c2ccc(N(c3ccc(-c4ccc(-c5ccccc5)cc4)cc3)c3c(C)cccc3-c3ccc4c(c3)C(C)(C)c3ccccc3-4)c(C)c2)ccc1N(c1ccc(-c2ccc(-c3ccccc3)cc2)cc1)c1c(C)cccc1-c1ccc2c(c1)C(C)(C)c1ccccc1-2. The van der Waals surface area contributed by atoms with E-state index < -0.39 is 0 Å². The van der Waals surface area contributed by atoms with E-state index in [4.69, 9.17) is 0 Å². The number of nitrogens with zero attached hydrogens (tertiary/aromatic N) is 2. The van der Waals surface area contributed by atoms with Crippen LogP contribution in [0.1, 0.15) is 72.2 Å². The molecule has 0 heterocycles. The first-order valence-electron chi connectivity index (χ1n) is 33.8. The molecule has 0 saturated heterocycles. The fraction of sp³-hybridized carbons (Fsp3) is 0.106. The van der Waals surface area contributed by atoms with Crippen molar-refractivity contribution in [1.82, 2.24) is 0 Å². The van der Waals surface area contributed by atoms with E-state index >= 15 is 0 Å². The molecule has 0 atom stereocenters. The molecule has 2 aliphatic rings. The maximum atomic E-state index is 2.51. The summed E-state index contributed by atoms with van der Waals surface area (Å²) < 4.78 is 0.